The Kier molecular flexibility index (Phi) is 6.04. The van der Waals surface area contributed by atoms with E-state index in [-0.39, 0.29) is 23.4 Å². The van der Waals surface area contributed by atoms with E-state index >= 15 is 0 Å². The third-order valence-electron chi connectivity index (χ3n) is 5.20. The van der Waals surface area contributed by atoms with Crippen molar-refractivity contribution in [3.63, 3.8) is 0 Å². The van der Waals surface area contributed by atoms with Crippen molar-refractivity contribution in [2.24, 2.45) is 0 Å². The minimum Gasteiger partial charge on any atom is -0.497 e. The highest BCUT2D eigenvalue weighted by molar-refractivity contribution is 7.90. The highest BCUT2D eigenvalue weighted by Crippen LogP contribution is 2.36. The molecular formula is C19H25F2N3O3S. The second kappa shape index (κ2) is 8.16. The minimum atomic E-state index is -3.32. The lowest BCUT2D eigenvalue weighted by Gasteiger charge is -2.28. The molecule has 0 amide bonds. The van der Waals surface area contributed by atoms with Crippen molar-refractivity contribution in [3.05, 3.63) is 35.5 Å². The molecule has 0 bridgehead atoms. The summed E-state index contributed by atoms with van der Waals surface area (Å²) in [7, 11) is -1.91. The van der Waals surface area contributed by atoms with Crippen LogP contribution in [0.4, 0.5) is 8.78 Å². The largest absolute Gasteiger partial charge is 0.497 e. The summed E-state index contributed by atoms with van der Waals surface area (Å²) in [5.74, 6) is -0.830. The van der Waals surface area contributed by atoms with Gasteiger partial charge in [-0.1, -0.05) is 0 Å². The molecule has 1 fully saturated rings. The molecule has 1 saturated carbocycles. The maximum absolute atomic E-state index is 15.0. The number of H-pyrrole nitrogens is 1. The number of hydrogen-bond acceptors (Lipinski definition) is 4. The number of hydrogen-bond donors (Lipinski definition) is 2. The first-order valence-electron chi connectivity index (χ1n) is 9.31. The molecule has 1 heterocycles. The fourth-order valence-corrected chi connectivity index (χ4v) is 4.46. The Hall–Kier alpha value is -2.00. The molecular weight excluding hydrogens is 388 g/mol. The predicted molar refractivity (Wildman–Crippen MR) is 103 cm³/mol. The van der Waals surface area contributed by atoms with Gasteiger partial charge in [-0.2, -0.15) is 5.10 Å². The molecule has 9 heteroatoms. The summed E-state index contributed by atoms with van der Waals surface area (Å²) in [4.78, 5) is 0. The maximum Gasteiger partial charge on any atom is 0.214 e. The number of sulfonamides is 1. The van der Waals surface area contributed by atoms with Gasteiger partial charge in [-0.15, -0.1) is 0 Å². The van der Waals surface area contributed by atoms with Crippen LogP contribution in [0.3, 0.4) is 0 Å². The first-order chi connectivity index (χ1) is 13.2. The van der Waals surface area contributed by atoms with Gasteiger partial charge in [0.1, 0.15) is 17.3 Å². The van der Waals surface area contributed by atoms with Crippen molar-refractivity contribution in [1.29, 1.82) is 0 Å². The highest BCUT2D eigenvalue weighted by atomic mass is 32.2. The average molecular weight is 413 g/mol. The van der Waals surface area contributed by atoms with Crippen LogP contribution in [0, 0.1) is 11.6 Å². The van der Waals surface area contributed by atoms with E-state index in [1.54, 1.807) is 13.8 Å². The van der Waals surface area contributed by atoms with Crippen molar-refractivity contribution >= 4 is 10.0 Å². The molecule has 0 radical (unpaired) electrons. The number of methoxy groups -OCH3 is 1. The molecule has 2 aromatic rings. The topological polar surface area (TPSA) is 84.1 Å². The third-order valence-corrected chi connectivity index (χ3v) is 7.10. The van der Waals surface area contributed by atoms with E-state index < -0.39 is 26.9 Å². The van der Waals surface area contributed by atoms with Gasteiger partial charge in [-0.05, 0) is 51.7 Å². The average Bonchev–Trinajstić information content (AvgIpc) is 3.03. The van der Waals surface area contributed by atoms with E-state index in [4.69, 9.17) is 4.74 Å². The van der Waals surface area contributed by atoms with Crippen molar-refractivity contribution in [1.82, 2.24) is 14.9 Å². The highest BCUT2D eigenvalue weighted by Gasteiger charge is 2.30. The van der Waals surface area contributed by atoms with Gasteiger partial charge in [-0.3, -0.25) is 5.10 Å². The number of aromatic amines is 1. The molecule has 1 aliphatic rings. The molecule has 6 nitrogen and oxygen atoms in total. The predicted octanol–water partition coefficient (Wildman–Crippen LogP) is 3.72. The number of rotatable bonds is 6. The molecule has 28 heavy (non-hydrogen) atoms. The number of benzene rings is 1. The lowest BCUT2D eigenvalue weighted by atomic mass is 9.84. The van der Waals surface area contributed by atoms with Gasteiger partial charge in [0.25, 0.3) is 0 Å². The van der Waals surface area contributed by atoms with Gasteiger partial charge in [0.2, 0.25) is 10.0 Å². The minimum absolute atomic E-state index is 0.0513. The van der Waals surface area contributed by atoms with Gasteiger partial charge in [0, 0.05) is 23.6 Å². The van der Waals surface area contributed by atoms with Crippen LogP contribution in [0.15, 0.2) is 18.2 Å². The lowest BCUT2D eigenvalue weighted by Crippen LogP contribution is -2.40. The second-order valence-corrected chi connectivity index (χ2v) is 9.71. The number of nitrogens with one attached hydrogen (secondary N) is 2. The molecule has 1 aliphatic carbocycles. The molecule has 154 valence electrons. The fraction of sp³-hybridized carbons (Fsp3) is 0.526. The summed E-state index contributed by atoms with van der Waals surface area (Å²) in [6, 6.07) is 3.82. The zero-order valence-electron chi connectivity index (χ0n) is 16.1. The maximum atomic E-state index is 15.0. The summed E-state index contributed by atoms with van der Waals surface area (Å²) in [5.41, 5.74) is 0.731. The van der Waals surface area contributed by atoms with E-state index in [2.05, 4.69) is 14.9 Å². The molecule has 1 aromatic heterocycles. The zero-order chi connectivity index (χ0) is 20.5. The Morgan fingerprint density at radius 1 is 1.18 bits per heavy atom. The summed E-state index contributed by atoms with van der Waals surface area (Å²) in [6.45, 7) is 3.27. The van der Waals surface area contributed by atoms with Crippen LogP contribution in [0.25, 0.3) is 11.3 Å². The number of halogens is 2. The van der Waals surface area contributed by atoms with Crippen LogP contribution in [0.2, 0.25) is 0 Å². The van der Waals surface area contributed by atoms with Crippen LogP contribution < -0.4 is 9.46 Å². The number of aromatic nitrogens is 2. The SMILES string of the molecule is COc1cc(F)cc(-c2n[nH]c(C3CCC(NS(=O)(=O)C(C)C)CC3)c2F)c1. The number of ether oxygens (including phenoxy) is 1. The van der Waals surface area contributed by atoms with Crippen molar-refractivity contribution in [3.8, 4) is 17.0 Å². The van der Waals surface area contributed by atoms with Gasteiger partial charge in [0.05, 0.1) is 18.1 Å². The third kappa shape index (κ3) is 4.35. The standard InChI is InChI=1S/C19H25F2N3O3S/c1-11(2)28(25,26)24-15-6-4-12(5-7-15)18-17(21)19(23-22-18)13-8-14(20)10-16(9-13)27-3/h8-12,15,24H,4-7H2,1-3H3,(H,22,23). The lowest BCUT2D eigenvalue weighted by molar-refractivity contribution is 0.362. The van der Waals surface area contributed by atoms with Crippen LogP contribution in [0.5, 0.6) is 5.75 Å². The molecule has 0 saturated heterocycles. The Morgan fingerprint density at radius 3 is 2.46 bits per heavy atom. The Morgan fingerprint density at radius 2 is 1.86 bits per heavy atom. The van der Waals surface area contributed by atoms with E-state index in [9.17, 15) is 17.2 Å². The van der Waals surface area contributed by atoms with E-state index in [0.717, 1.165) is 0 Å². The normalized spacial score (nSPS) is 20.5. The monoisotopic (exact) mass is 413 g/mol. The van der Waals surface area contributed by atoms with Gasteiger partial charge in [0.15, 0.2) is 5.82 Å². The Labute approximate surface area is 163 Å². The second-order valence-electron chi connectivity index (χ2n) is 7.44. The molecule has 2 N–H and O–H groups in total. The van der Waals surface area contributed by atoms with Gasteiger partial charge >= 0.3 is 0 Å². The summed E-state index contributed by atoms with van der Waals surface area (Å²) < 4.78 is 60.5. The van der Waals surface area contributed by atoms with Crippen LogP contribution in [-0.4, -0.2) is 37.0 Å². The first kappa shape index (κ1) is 20.7. The van der Waals surface area contributed by atoms with Crippen LogP contribution in [-0.2, 0) is 10.0 Å². The van der Waals surface area contributed by atoms with Crippen LogP contribution in [0.1, 0.15) is 51.1 Å². The first-order valence-corrected chi connectivity index (χ1v) is 10.9. The van der Waals surface area contributed by atoms with E-state index in [1.807, 2.05) is 0 Å². The van der Waals surface area contributed by atoms with Crippen molar-refractivity contribution in [2.75, 3.05) is 7.11 Å². The molecule has 1 aromatic carbocycles. The molecule has 0 spiro atoms. The molecule has 0 aliphatic heterocycles. The summed E-state index contributed by atoms with van der Waals surface area (Å²) >= 11 is 0. The molecule has 0 atom stereocenters. The quantitative estimate of drug-likeness (QED) is 0.756. The summed E-state index contributed by atoms with van der Waals surface area (Å²) in [5, 5.41) is 6.31. The zero-order valence-corrected chi connectivity index (χ0v) is 16.9. The Balaban J connectivity index is 1.73. The van der Waals surface area contributed by atoms with Gasteiger partial charge < -0.3 is 4.74 Å². The van der Waals surface area contributed by atoms with Crippen molar-refractivity contribution < 1.29 is 21.9 Å². The van der Waals surface area contributed by atoms with Crippen LogP contribution >= 0.6 is 0 Å². The Bertz CT molecular complexity index is 936. The van der Waals surface area contributed by atoms with Gasteiger partial charge in [-0.25, -0.2) is 21.9 Å². The van der Waals surface area contributed by atoms with E-state index in [1.165, 1.54) is 25.3 Å². The molecule has 0 unspecified atom stereocenters. The fourth-order valence-electron chi connectivity index (χ4n) is 3.49. The number of nitrogens with zero attached hydrogens (tertiary/aromatic N) is 1. The summed E-state index contributed by atoms with van der Waals surface area (Å²) in [6.07, 6.45) is 2.52. The van der Waals surface area contributed by atoms with E-state index in [0.29, 0.717) is 36.9 Å². The molecule has 3 rings (SSSR count). The smallest absolute Gasteiger partial charge is 0.214 e. The van der Waals surface area contributed by atoms with Crippen molar-refractivity contribution in [2.45, 2.75) is 56.7 Å².